The van der Waals surface area contributed by atoms with Crippen molar-refractivity contribution in [3.8, 4) is 0 Å². The first-order valence-corrected chi connectivity index (χ1v) is 9.52. The Morgan fingerprint density at radius 2 is 2.12 bits per heavy atom. The lowest BCUT2D eigenvalue weighted by atomic mass is 10.1. The van der Waals surface area contributed by atoms with Gasteiger partial charge in [0.1, 0.15) is 5.69 Å². The Kier molecular flexibility index (Phi) is 5.82. The first-order chi connectivity index (χ1) is 11.7. The van der Waals surface area contributed by atoms with Crippen LogP contribution in [0.1, 0.15) is 29.3 Å². The van der Waals surface area contributed by atoms with E-state index in [1.807, 2.05) is 0 Å². The average Bonchev–Trinajstić information content (AvgIpc) is 3.03. The van der Waals surface area contributed by atoms with Crippen molar-refractivity contribution in [1.82, 2.24) is 4.98 Å². The van der Waals surface area contributed by atoms with Gasteiger partial charge in [0, 0.05) is 17.3 Å². The number of azo groups is 1. The zero-order valence-corrected chi connectivity index (χ0v) is 15.0. The molecule has 1 aromatic heterocycles. The average molecular weight is 384 g/mol. The molecule has 3 N–H and O–H groups in total. The van der Waals surface area contributed by atoms with Crippen molar-refractivity contribution in [2.75, 3.05) is 5.32 Å². The van der Waals surface area contributed by atoms with E-state index < -0.39 is 21.5 Å². The Bertz CT molecular complexity index is 894. The van der Waals surface area contributed by atoms with Gasteiger partial charge >= 0.3 is 5.97 Å². The number of anilines is 1. The summed E-state index contributed by atoms with van der Waals surface area (Å²) in [4.78, 5) is 15.4. The van der Waals surface area contributed by atoms with E-state index in [1.54, 1.807) is 25.4 Å². The van der Waals surface area contributed by atoms with Crippen molar-refractivity contribution in [3.05, 3.63) is 34.8 Å². The molecular weight excluding hydrogens is 368 g/mol. The fourth-order valence-electron chi connectivity index (χ4n) is 2.02. The maximum atomic E-state index is 11.5. The van der Waals surface area contributed by atoms with E-state index in [9.17, 15) is 22.9 Å². The smallest absolute Gasteiger partial charge is 0.338 e. The molecule has 1 aromatic carbocycles. The molecule has 9 nitrogen and oxygen atoms in total. The fraction of sp³-hybridized carbons (Fsp3) is 0.286. The summed E-state index contributed by atoms with van der Waals surface area (Å²) >= 11 is 1.25. The molecule has 0 bridgehead atoms. The molecule has 0 aliphatic carbocycles. The molecule has 0 aliphatic rings. The third kappa shape index (κ3) is 4.81. The number of hydrogen-bond donors (Lipinski definition) is 3. The second kappa shape index (κ2) is 7.68. The number of nitrogens with zero attached hydrogens (tertiary/aromatic N) is 3. The Hall–Kier alpha value is -2.37. The first kappa shape index (κ1) is 19.0. The first-order valence-electron chi connectivity index (χ1n) is 7.14. The van der Waals surface area contributed by atoms with E-state index >= 15 is 0 Å². The minimum Gasteiger partial charge on any atom is -0.478 e. The van der Waals surface area contributed by atoms with Crippen molar-refractivity contribution >= 4 is 43.9 Å². The maximum absolute atomic E-state index is 11.5. The van der Waals surface area contributed by atoms with Gasteiger partial charge in [0.2, 0.25) is 5.13 Å². The lowest BCUT2D eigenvalue weighted by Gasteiger charge is -2.18. The summed E-state index contributed by atoms with van der Waals surface area (Å²) in [6.07, 6.45) is 1.65. The predicted molar refractivity (Wildman–Crippen MR) is 93.7 cm³/mol. The lowest BCUT2D eigenvalue weighted by Crippen LogP contribution is -2.28. The van der Waals surface area contributed by atoms with Gasteiger partial charge in [0.25, 0.3) is 10.1 Å². The predicted octanol–water partition coefficient (Wildman–Crippen LogP) is 3.60. The normalized spacial score (nSPS) is 13.1. The molecule has 2 rings (SSSR count). The molecule has 0 radical (unpaired) electrons. The molecule has 0 saturated carbocycles. The quantitative estimate of drug-likeness (QED) is 0.489. The highest BCUT2D eigenvalue weighted by molar-refractivity contribution is 7.86. The molecular formula is C14H16N4O5S2. The second-order valence-corrected chi connectivity index (χ2v) is 7.53. The van der Waals surface area contributed by atoms with Crippen molar-refractivity contribution in [2.45, 2.75) is 25.6 Å². The zero-order valence-electron chi connectivity index (χ0n) is 13.4. The van der Waals surface area contributed by atoms with Crippen LogP contribution < -0.4 is 5.32 Å². The number of aromatic carboxylic acids is 1. The van der Waals surface area contributed by atoms with Crippen molar-refractivity contribution in [3.63, 3.8) is 0 Å². The highest BCUT2D eigenvalue weighted by atomic mass is 32.2. The van der Waals surface area contributed by atoms with E-state index in [2.05, 4.69) is 20.5 Å². The van der Waals surface area contributed by atoms with Gasteiger partial charge in [0.05, 0.1) is 5.56 Å². The van der Waals surface area contributed by atoms with Crippen LogP contribution in [0.2, 0.25) is 0 Å². The number of thiazole rings is 1. The van der Waals surface area contributed by atoms with Gasteiger partial charge in [-0.3, -0.25) is 4.55 Å². The van der Waals surface area contributed by atoms with Crippen molar-refractivity contribution in [2.24, 2.45) is 10.2 Å². The summed E-state index contributed by atoms with van der Waals surface area (Å²) in [6.45, 7) is 3.24. The van der Waals surface area contributed by atoms with Crippen LogP contribution in [0.5, 0.6) is 0 Å². The zero-order chi connectivity index (χ0) is 18.6. The van der Waals surface area contributed by atoms with Gasteiger partial charge in [-0.15, -0.1) is 21.6 Å². The molecule has 2 aromatic rings. The van der Waals surface area contributed by atoms with Gasteiger partial charge in [-0.25, -0.2) is 9.78 Å². The fourth-order valence-corrected chi connectivity index (χ4v) is 3.17. The number of carboxylic acid groups (broad SMARTS) is 1. The largest absolute Gasteiger partial charge is 0.478 e. The summed E-state index contributed by atoms with van der Waals surface area (Å²) in [6, 6.07) is 2.74. The number of benzene rings is 1. The van der Waals surface area contributed by atoms with E-state index in [0.717, 1.165) is 0 Å². The van der Waals surface area contributed by atoms with Crippen LogP contribution in [0.15, 0.2) is 33.9 Å². The number of hydrogen-bond acceptors (Lipinski definition) is 8. The van der Waals surface area contributed by atoms with Crippen LogP contribution in [0.4, 0.5) is 16.5 Å². The third-order valence-corrected chi connectivity index (χ3v) is 5.11. The molecule has 0 amide bonds. The number of nitrogens with one attached hydrogen (secondary N) is 1. The Morgan fingerprint density at radius 1 is 1.40 bits per heavy atom. The second-order valence-electron chi connectivity index (χ2n) is 5.06. The summed E-state index contributed by atoms with van der Waals surface area (Å²) in [5, 5.41) is 20.7. The van der Waals surface area contributed by atoms with Gasteiger partial charge in [-0.2, -0.15) is 8.42 Å². The molecule has 1 atom stereocenters. The standard InChI is InChI=1S/C14H16N4O5S2/c1-3-12(25(21,22)23)16-10-7-9(13(19)20)11(6-8(10)2)17-18-14-15-4-5-24-14/h4-7,12,16H,3H2,1-2H3,(H,19,20)(H,21,22,23)/b18-17+. The molecule has 0 spiro atoms. The van der Waals surface area contributed by atoms with Gasteiger partial charge in [-0.05, 0) is 31.0 Å². The summed E-state index contributed by atoms with van der Waals surface area (Å²) in [7, 11) is -4.32. The Morgan fingerprint density at radius 3 is 2.64 bits per heavy atom. The van der Waals surface area contributed by atoms with Crippen molar-refractivity contribution < 1.29 is 22.9 Å². The summed E-state index contributed by atoms with van der Waals surface area (Å²) in [5.41, 5.74) is 0.791. The lowest BCUT2D eigenvalue weighted by molar-refractivity contribution is 0.0697. The maximum Gasteiger partial charge on any atom is 0.338 e. The molecule has 1 unspecified atom stereocenters. The molecule has 0 saturated heterocycles. The molecule has 134 valence electrons. The topological polar surface area (TPSA) is 141 Å². The van der Waals surface area contributed by atoms with Crippen LogP contribution in [-0.4, -0.2) is 34.4 Å². The van der Waals surface area contributed by atoms with Crippen LogP contribution in [-0.2, 0) is 10.1 Å². The number of rotatable bonds is 7. The van der Waals surface area contributed by atoms with E-state index in [0.29, 0.717) is 10.7 Å². The van der Waals surface area contributed by atoms with Gasteiger partial charge < -0.3 is 10.4 Å². The minimum atomic E-state index is -4.32. The Balaban J connectivity index is 2.41. The number of aromatic nitrogens is 1. The molecule has 0 aliphatic heterocycles. The van der Waals surface area contributed by atoms with Gasteiger partial charge in [-0.1, -0.05) is 6.92 Å². The highest BCUT2D eigenvalue weighted by Crippen LogP contribution is 2.30. The summed E-state index contributed by atoms with van der Waals surface area (Å²) < 4.78 is 31.9. The van der Waals surface area contributed by atoms with Crippen LogP contribution in [0, 0.1) is 6.92 Å². The monoisotopic (exact) mass is 384 g/mol. The van der Waals surface area contributed by atoms with E-state index in [1.165, 1.54) is 23.5 Å². The van der Waals surface area contributed by atoms with E-state index in [4.69, 9.17) is 0 Å². The highest BCUT2D eigenvalue weighted by Gasteiger charge is 2.22. The molecule has 25 heavy (non-hydrogen) atoms. The van der Waals surface area contributed by atoms with Gasteiger partial charge in [0.15, 0.2) is 5.37 Å². The van der Waals surface area contributed by atoms with E-state index in [-0.39, 0.29) is 23.4 Å². The molecule has 1 heterocycles. The van der Waals surface area contributed by atoms with Crippen LogP contribution in [0.3, 0.4) is 0 Å². The SMILES string of the molecule is CCC(Nc1cc(C(=O)O)c(/N=N/c2nccs2)cc1C)S(=O)(=O)O. The van der Waals surface area contributed by atoms with Crippen molar-refractivity contribution in [1.29, 1.82) is 0 Å². The number of carbonyl (C=O) groups is 1. The third-order valence-electron chi connectivity index (χ3n) is 3.28. The molecule has 11 heteroatoms. The van der Waals surface area contributed by atoms with Crippen LogP contribution >= 0.6 is 11.3 Å². The summed E-state index contributed by atoms with van der Waals surface area (Å²) in [5.74, 6) is -1.24. The van der Waals surface area contributed by atoms with Crippen LogP contribution in [0.25, 0.3) is 0 Å². The number of carboxylic acids is 1. The number of aryl methyl sites for hydroxylation is 1. The Labute approximate surface area is 148 Å². The molecule has 0 fully saturated rings. The minimum absolute atomic E-state index is 0.103.